The van der Waals surface area contributed by atoms with Crippen LogP contribution in [0.4, 0.5) is 5.82 Å². The molecule has 1 N–H and O–H groups in total. The highest BCUT2D eigenvalue weighted by molar-refractivity contribution is 7.18. The van der Waals surface area contributed by atoms with E-state index in [4.69, 9.17) is 4.74 Å². The maximum absolute atomic E-state index is 11.7. The Hall–Kier alpha value is -1.73. The molecule has 3 saturated heterocycles. The smallest absolute Gasteiger partial charge is 0.219 e. The number of fused-ring (bicyclic) bond motifs is 2. The number of amides is 1. The standard InChI is InChI=1S/C19H24N4O2S/c1-3-16(24)20-7-13-14-8-23(9-19(14)5-4-15(13)25-19)17-12-6-11(2)26-18(12)22-10-21-17/h6,10,13-15H,3-5,7-9H2,1-2H3,(H,20,24)/t13-,14+,15+,19+/m0/s1. The van der Waals surface area contributed by atoms with Crippen LogP contribution in [0.15, 0.2) is 12.4 Å². The molecule has 3 aliphatic heterocycles. The van der Waals surface area contributed by atoms with Gasteiger partial charge in [-0.1, -0.05) is 6.92 Å². The maximum Gasteiger partial charge on any atom is 0.219 e. The number of hydrogen-bond donors (Lipinski definition) is 1. The van der Waals surface area contributed by atoms with Crippen LogP contribution in [0, 0.1) is 18.8 Å². The molecule has 1 spiro atoms. The SMILES string of the molecule is CCC(=O)NC[C@H]1[C@H]2CN(c3ncnc4sc(C)cc34)C[C@]23CC[C@H]1O3. The van der Waals surface area contributed by atoms with Crippen molar-refractivity contribution < 1.29 is 9.53 Å². The summed E-state index contributed by atoms with van der Waals surface area (Å²) in [5, 5.41) is 4.24. The van der Waals surface area contributed by atoms with E-state index in [2.05, 4.69) is 33.2 Å². The highest BCUT2D eigenvalue weighted by Crippen LogP contribution is 2.55. The second-order valence-corrected chi connectivity index (χ2v) is 9.08. The van der Waals surface area contributed by atoms with Gasteiger partial charge in [0.15, 0.2) is 0 Å². The fourth-order valence-electron chi connectivity index (χ4n) is 5.20. The maximum atomic E-state index is 11.7. The molecule has 2 aromatic heterocycles. The van der Waals surface area contributed by atoms with Crippen molar-refractivity contribution in [1.29, 1.82) is 0 Å². The molecule has 26 heavy (non-hydrogen) atoms. The minimum Gasteiger partial charge on any atom is -0.369 e. The molecule has 0 saturated carbocycles. The van der Waals surface area contributed by atoms with Gasteiger partial charge in [-0.15, -0.1) is 11.3 Å². The Kier molecular flexibility index (Phi) is 3.72. The minimum absolute atomic E-state index is 0.0609. The summed E-state index contributed by atoms with van der Waals surface area (Å²) >= 11 is 1.72. The summed E-state index contributed by atoms with van der Waals surface area (Å²) in [4.78, 5) is 25.5. The summed E-state index contributed by atoms with van der Waals surface area (Å²) in [7, 11) is 0. The van der Waals surface area contributed by atoms with Crippen LogP contribution in [0.25, 0.3) is 10.2 Å². The molecule has 5 heterocycles. The van der Waals surface area contributed by atoms with Gasteiger partial charge in [0.1, 0.15) is 17.0 Å². The van der Waals surface area contributed by atoms with Gasteiger partial charge in [-0.25, -0.2) is 9.97 Å². The fraction of sp³-hybridized carbons (Fsp3) is 0.632. The average molecular weight is 372 g/mol. The predicted octanol–water partition coefficient (Wildman–Crippen LogP) is 2.51. The molecule has 4 atom stereocenters. The summed E-state index contributed by atoms with van der Waals surface area (Å²) in [5.41, 5.74) is -0.0609. The number of aromatic nitrogens is 2. The largest absolute Gasteiger partial charge is 0.369 e. The Morgan fingerprint density at radius 1 is 1.50 bits per heavy atom. The lowest BCUT2D eigenvalue weighted by atomic mass is 9.73. The number of anilines is 1. The third kappa shape index (κ3) is 2.36. The number of thiophene rings is 1. The number of carbonyl (C=O) groups excluding carboxylic acids is 1. The Labute approximate surface area is 157 Å². The minimum atomic E-state index is -0.0609. The lowest BCUT2D eigenvalue weighted by molar-refractivity contribution is -0.121. The van der Waals surface area contributed by atoms with E-state index >= 15 is 0 Å². The van der Waals surface area contributed by atoms with Gasteiger partial charge in [0.2, 0.25) is 5.91 Å². The zero-order valence-corrected chi connectivity index (χ0v) is 16.0. The summed E-state index contributed by atoms with van der Waals surface area (Å²) in [6.45, 7) is 6.59. The molecule has 2 aromatic rings. The van der Waals surface area contributed by atoms with Gasteiger partial charge < -0.3 is 15.0 Å². The molecule has 0 aliphatic carbocycles. The zero-order valence-electron chi connectivity index (χ0n) is 15.2. The van der Waals surface area contributed by atoms with Gasteiger partial charge in [0, 0.05) is 42.8 Å². The van der Waals surface area contributed by atoms with Crippen molar-refractivity contribution >= 4 is 33.3 Å². The van der Waals surface area contributed by atoms with Crippen LogP contribution >= 0.6 is 11.3 Å². The molecule has 3 aliphatic rings. The van der Waals surface area contributed by atoms with E-state index in [1.165, 1.54) is 4.88 Å². The van der Waals surface area contributed by atoms with E-state index in [9.17, 15) is 4.79 Å². The Bertz CT molecular complexity index is 868. The third-order valence-corrected chi connectivity index (χ3v) is 7.33. The molecular formula is C19H24N4O2S. The van der Waals surface area contributed by atoms with Crippen molar-refractivity contribution in [2.45, 2.75) is 44.8 Å². The summed E-state index contributed by atoms with van der Waals surface area (Å²) in [6.07, 6.45) is 4.74. The van der Waals surface area contributed by atoms with Gasteiger partial charge in [-0.2, -0.15) is 0 Å². The molecule has 5 rings (SSSR count). The van der Waals surface area contributed by atoms with Crippen LogP contribution in [0.3, 0.4) is 0 Å². The second kappa shape index (κ2) is 5.89. The first-order valence-corrected chi connectivity index (χ1v) is 10.3. The summed E-state index contributed by atoms with van der Waals surface area (Å²) in [5.74, 6) is 2.03. The van der Waals surface area contributed by atoms with Crippen molar-refractivity contribution in [1.82, 2.24) is 15.3 Å². The molecule has 3 fully saturated rings. The van der Waals surface area contributed by atoms with E-state index in [1.807, 2.05) is 6.92 Å². The molecule has 0 radical (unpaired) electrons. The van der Waals surface area contributed by atoms with E-state index in [-0.39, 0.29) is 11.5 Å². The topological polar surface area (TPSA) is 67.4 Å². The van der Waals surface area contributed by atoms with Gasteiger partial charge in [-0.3, -0.25) is 4.79 Å². The first-order chi connectivity index (χ1) is 12.6. The van der Waals surface area contributed by atoms with Gasteiger partial charge in [0.25, 0.3) is 0 Å². The summed E-state index contributed by atoms with van der Waals surface area (Å²) in [6, 6.07) is 2.19. The third-order valence-electron chi connectivity index (χ3n) is 6.37. The van der Waals surface area contributed by atoms with Crippen LogP contribution in [0.1, 0.15) is 31.1 Å². The van der Waals surface area contributed by atoms with Gasteiger partial charge in [0.05, 0.1) is 17.1 Å². The van der Waals surface area contributed by atoms with Gasteiger partial charge >= 0.3 is 0 Å². The molecule has 2 bridgehead atoms. The fourth-order valence-corrected chi connectivity index (χ4v) is 6.04. The monoisotopic (exact) mass is 372 g/mol. The number of carbonyl (C=O) groups is 1. The number of ether oxygens (including phenoxy) is 1. The molecule has 0 unspecified atom stereocenters. The normalized spacial score (nSPS) is 32.4. The Morgan fingerprint density at radius 3 is 3.23 bits per heavy atom. The molecule has 0 aromatic carbocycles. The van der Waals surface area contributed by atoms with Crippen LogP contribution in [-0.4, -0.2) is 47.2 Å². The number of aryl methyl sites for hydroxylation is 1. The Balaban J connectivity index is 1.42. The lowest BCUT2D eigenvalue weighted by Crippen LogP contribution is -2.41. The number of nitrogens with zero attached hydrogens (tertiary/aromatic N) is 3. The van der Waals surface area contributed by atoms with Crippen molar-refractivity contribution in [3.05, 3.63) is 17.3 Å². The van der Waals surface area contributed by atoms with Crippen molar-refractivity contribution in [2.75, 3.05) is 24.5 Å². The molecule has 6 nitrogen and oxygen atoms in total. The van der Waals surface area contributed by atoms with Crippen molar-refractivity contribution in [3.63, 3.8) is 0 Å². The van der Waals surface area contributed by atoms with E-state index in [0.29, 0.717) is 24.4 Å². The van der Waals surface area contributed by atoms with Crippen molar-refractivity contribution in [2.24, 2.45) is 11.8 Å². The number of hydrogen-bond acceptors (Lipinski definition) is 6. The second-order valence-electron chi connectivity index (χ2n) is 7.84. The van der Waals surface area contributed by atoms with Crippen LogP contribution in [0.2, 0.25) is 0 Å². The van der Waals surface area contributed by atoms with E-state index < -0.39 is 0 Å². The molecule has 1 amide bonds. The highest BCUT2D eigenvalue weighted by atomic mass is 32.1. The van der Waals surface area contributed by atoms with Crippen LogP contribution in [0.5, 0.6) is 0 Å². The zero-order chi connectivity index (χ0) is 17.9. The van der Waals surface area contributed by atoms with Crippen LogP contribution < -0.4 is 10.2 Å². The van der Waals surface area contributed by atoms with E-state index in [1.54, 1.807) is 17.7 Å². The number of rotatable bonds is 4. The Morgan fingerprint density at radius 2 is 2.38 bits per heavy atom. The lowest BCUT2D eigenvalue weighted by Gasteiger charge is -2.29. The first-order valence-electron chi connectivity index (χ1n) is 9.50. The van der Waals surface area contributed by atoms with E-state index in [0.717, 1.165) is 48.5 Å². The van der Waals surface area contributed by atoms with Crippen LogP contribution in [-0.2, 0) is 9.53 Å². The molecule has 7 heteroatoms. The first kappa shape index (κ1) is 16.4. The average Bonchev–Trinajstić information content (AvgIpc) is 3.36. The quantitative estimate of drug-likeness (QED) is 0.893. The summed E-state index contributed by atoms with van der Waals surface area (Å²) < 4.78 is 6.50. The predicted molar refractivity (Wildman–Crippen MR) is 101 cm³/mol. The highest BCUT2D eigenvalue weighted by Gasteiger charge is 2.63. The van der Waals surface area contributed by atoms with Crippen molar-refractivity contribution in [3.8, 4) is 0 Å². The molecular weight excluding hydrogens is 348 g/mol. The van der Waals surface area contributed by atoms with Gasteiger partial charge in [-0.05, 0) is 25.8 Å². The molecule has 138 valence electrons. The number of nitrogens with one attached hydrogen (secondary N) is 1.